The van der Waals surface area contributed by atoms with Gasteiger partial charge in [0, 0.05) is 20.5 Å². The van der Waals surface area contributed by atoms with Gasteiger partial charge in [0.2, 0.25) is 11.8 Å². The fraction of sp³-hybridized carbons (Fsp3) is 0.280. The van der Waals surface area contributed by atoms with E-state index in [0.717, 1.165) is 11.3 Å². The summed E-state index contributed by atoms with van der Waals surface area (Å²) in [5.41, 5.74) is -0.239. The van der Waals surface area contributed by atoms with Gasteiger partial charge in [-0.25, -0.2) is 4.90 Å². The minimum Gasteiger partial charge on any atom is -0.497 e. The molecule has 0 N–H and O–H groups in total. The van der Waals surface area contributed by atoms with Crippen LogP contribution in [0.2, 0.25) is 15.1 Å². The van der Waals surface area contributed by atoms with E-state index in [1.807, 2.05) is 43.3 Å². The Morgan fingerprint density at radius 3 is 2.16 bits per heavy atom. The first-order valence-corrected chi connectivity index (χ1v) is 11.4. The van der Waals surface area contributed by atoms with Gasteiger partial charge < -0.3 is 4.74 Å². The summed E-state index contributed by atoms with van der Waals surface area (Å²) in [5.74, 6) is -0.253. The number of piperidine rings is 1. The summed E-state index contributed by atoms with van der Waals surface area (Å²) >= 11 is 18.4. The number of fused-ring (bicyclic) bond motifs is 1. The van der Waals surface area contributed by atoms with Gasteiger partial charge in [-0.15, -0.1) is 0 Å². The Hall–Kier alpha value is -2.27. The van der Waals surface area contributed by atoms with Gasteiger partial charge in [0.05, 0.1) is 24.1 Å². The molecule has 1 saturated heterocycles. The lowest BCUT2D eigenvalue weighted by molar-refractivity contribution is -0.126. The van der Waals surface area contributed by atoms with E-state index < -0.39 is 16.7 Å². The number of benzene rings is 2. The molecule has 1 aliphatic heterocycles. The molecule has 32 heavy (non-hydrogen) atoms. The summed E-state index contributed by atoms with van der Waals surface area (Å²) in [7, 11) is 1.62. The highest BCUT2D eigenvalue weighted by atomic mass is 35.5. The predicted octanol–water partition coefficient (Wildman–Crippen LogP) is 6.20. The number of methoxy groups -OCH3 is 1. The summed E-state index contributed by atoms with van der Waals surface area (Å²) in [6.45, 7) is 1.89. The lowest BCUT2D eigenvalue weighted by Gasteiger charge is -2.34. The third kappa shape index (κ3) is 2.76. The molecular formula is C25H20Cl3NO3. The maximum Gasteiger partial charge on any atom is 0.241 e. The Morgan fingerprint density at radius 2 is 1.66 bits per heavy atom. The molecule has 1 unspecified atom stereocenters. The highest BCUT2D eigenvalue weighted by Gasteiger charge is 2.87. The molecule has 0 spiro atoms. The SMILES string of the molecule is COC1=CCC([C@]2(c3ccc(Cl)cc3)[C@@H]3C(=O)N(c4cc(Cl)cc(Cl)c4)C(=O)[C@@]32C)C=C1. The minimum absolute atomic E-state index is 0.0458. The van der Waals surface area contributed by atoms with E-state index in [0.29, 0.717) is 27.2 Å². The van der Waals surface area contributed by atoms with E-state index >= 15 is 0 Å². The molecule has 4 atom stereocenters. The van der Waals surface area contributed by atoms with Crippen molar-refractivity contribution in [3.63, 3.8) is 0 Å². The van der Waals surface area contributed by atoms with Gasteiger partial charge in [0.1, 0.15) is 5.76 Å². The van der Waals surface area contributed by atoms with Crippen molar-refractivity contribution in [2.75, 3.05) is 12.0 Å². The number of hydrogen-bond donors (Lipinski definition) is 0. The van der Waals surface area contributed by atoms with Crippen molar-refractivity contribution in [3.8, 4) is 0 Å². The van der Waals surface area contributed by atoms with Crippen molar-refractivity contribution in [1.29, 1.82) is 0 Å². The van der Waals surface area contributed by atoms with Crippen LogP contribution in [-0.4, -0.2) is 18.9 Å². The number of carbonyl (C=O) groups excluding carboxylic acids is 2. The molecule has 0 radical (unpaired) electrons. The van der Waals surface area contributed by atoms with Crippen LogP contribution in [0.4, 0.5) is 5.69 Å². The van der Waals surface area contributed by atoms with Crippen molar-refractivity contribution in [1.82, 2.24) is 0 Å². The fourth-order valence-electron chi connectivity index (χ4n) is 5.86. The van der Waals surface area contributed by atoms with Gasteiger partial charge >= 0.3 is 0 Å². The van der Waals surface area contributed by atoms with Gasteiger partial charge in [-0.2, -0.15) is 0 Å². The number of ether oxygens (including phenoxy) is 1. The van der Waals surface area contributed by atoms with Crippen molar-refractivity contribution in [2.45, 2.75) is 18.8 Å². The minimum atomic E-state index is -0.903. The monoisotopic (exact) mass is 487 g/mol. The molecule has 1 saturated carbocycles. The average Bonchev–Trinajstić information content (AvgIpc) is 3.28. The maximum atomic E-state index is 13.8. The maximum absolute atomic E-state index is 13.8. The van der Waals surface area contributed by atoms with Crippen molar-refractivity contribution in [3.05, 3.63) is 87.1 Å². The third-order valence-electron chi connectivity index (χ3n) is 7.24. The van der Waals surface area contributed by atoms with Crippen LogP contribution in [0, 0.1) is 17.3 Å². The van der Waals surface area contributed by atoms with Crippen molar-refractivity contribution < 1.29 is 14.3 Å². The molecule has 2 amide bonds. The Morgan fingerprint density at radius 1 is 1.00 bits per heavy atom. The van der Waals surface area contributed by atoms with Crippen molar-refractivity contribution >= 4 is 52.3 Å². The van der Waals surface area contributed by atoms with Crippen LogP contribution in [0.15, 0.2) is 66.5 Å². The molecule has 0 aromatic heterocycles. The van der Waals surface area contributed by atoms with Crippen LogP contribution in [-0.2, 0) is 19.7 Å². The number of amides is 2. The molecule has 2 aromatic carbocycles. The number of carbonyl (C=O) groups is 2. The second-order valence-electron chi connectivity index (χ2n) is 8.63. The molecule has 3 aliphatic rings. The number of anilines is 1. The average molecular weight is 489 g/mol. The number of imide groups is 1. The van der Waals surface area contributed by atoms with Gasteiger partial charge in [0.15, 0.2) is 0 Å². The molecule has 7 heteroatoms. The van der Waals surface area contributed by atoms with E-state index in [4.69, 9.17) is 39.5 Å². The summed E-state index contributed by atoms with van der Waals surface area (Å²) in [5, 5.41) is 1.35. The molecule has 4 nitrogen and oxygen atoms in total. The Labute approximate surface area is 201 Å². The van der Waals surface area contributed by atoms with Crippen LogP contribution in [0.25, 0.3) is 0 Å². The number of hydrogen-bond acceptors (Lipinski definition) is 3. The number of halogens is 3. The van der Waals surface area contributed by atoms with Crippen LogP contribution in [0.3, 0.4) is 0 Å². The fourth-order valence-corrected chi connectivity index (χ4v) is 6.50. The Balaban J connectivity index is 1.61. The normalized spacial score (nSPS) is 30.9. The standard InChI is InChI=1S/C25H20Cl3NO3/c1-24-21(22(30)29(23(24)31)19-12-17(27)11-18(28)13-19)25(24,14-3-7-16(26)8-4-14)15-5-9-20(32-2)10-6-15/h3-5,7-13,15,21H,6H2,1-2H3/t15?,21-,24-,25-/m1/s1. The van der Waals surface area contributed by atoms with E-state index in [9.17, 15) is 9.59 Å². The summed E-state index contributed by atoms with van der Waals surface area (Å²) in [6, 6.07) is 12.2. The number of allylic oxidation sites excluding steroid dienone is 3. The lowest BCUT2D eigenvalue weighted by Crippen LogP contribution is -2.44. The predicted molar refractivity (Wildman–Crippen MR) is 126 cm³/mol. The zero-order valence-electron chi connectivity index (χ0n) is 17.4. The topological polar surface area (TPSA) is 46.6 Å². The first kappa shape index (κ1) is 21.6. The second kappa shape index (κ2) is 7.38. The van der Waals surface area contributed by atoms with Crippen LogP contribution < -0.4 is 4.90 Å². The third-order valence-corrected chi connectivity index (χ3v) is 7.93. The zero-order chi connectivity index (χ0) is 22.8. The van der Waals surface area contributed by atoms with Gasteiger partial charge in [-0.05, 0) is 67.3 Å². The molecule has 164 valence electrons. The van der Waals surface area contributed by atoms with E-state index in [1.54, 1.807) is 25.3 Å². The van der Waals surface area contributed by atoms with Crippen LogP contribution >= 0.6 is 34.8 Å². The van der Waals surface area contributed by atoms with Crippen LogP contribution in [0.1, 0.15) is 18.9 Å². The van der Waals surface area contributed by atoms with Gasteiger partial charge in [-0.1, -0.05) is 53.0 Å². The molecule has 5 rings (SSSR count). The number of rotatable bonds is 4. The first-order chi connectivity index (χ1) is 15.2. The van der Waals surface area contributed by atoms with Crippen molar-refractivity contribution in [2.24, 2.45) is 17.3 Å². The zero-order valence-corrected chi connectivity index (χ0v) is 19.7. The van der Waals surface area contributed by atoms with E-state index in [-0.39, 0.29) is 17.7 Å². The lowest BCUT2D eigenvalue weighted by atomic mass is 9.72. The largest absolute Gasteiger partial charge is 0.497 e. The summed E-state index contributed by atoms with van der Waals surface area (Å²) in [4.78, 5) is 28.8. The highest BCUT2D eigenvalue weighted by molar-refractivity contribution is 6.36. The second-order valence-corrected chi connectivity index (χ2v) is 9.94. The quantitative estimate of drug-likeness (QED) is 0.481. The smallest absolute Gasteiger partial charge is 0.241 e. The molecule has 2 fully saturated rings. The van der Waals surface area contributed by atoms with E-state index in [2.05, 4.69) is 6.08 Å². The van der Waals surface area contributed by atoms with Gasteiger partial charge in [-0.3, -0.25) is 9.59 Å². The molecule has 2 aromatic rings. The first-order valence-electron chi connectivity index (χ1n) is 10.3. The summed E-state index contributed by atoms with van der Waals surface area (Å²) in [6.07, 6.45) is 6.63. The molecular weight excluding hydrogens is 469 g/mol. The highest BCUT2D eigenvalue weighted by Crippen LogP contribution is 2.78. The molecule has 2 aliphatic carbocycles. The van der Waals surface area contributed by atoms with E-state index in [1.165, 1.54) is 4.90 Å². The molecule has 1 heterocycles. The Bertz CT molecular complexity index is 1190. The summed E-state index contributed by atoms with van der Waals surface area (Å²) < 4.78 is 5.34. The molecule has 0 bridgehead atoms. The Kier molecular flexibility index (Phi) is 4.97. The van der Waals surface area contributed by atoms with Crippen LogP contribution in [0.5, 0.6) is 0 Å². The number of nitrogens with zero attached hydrogens (tertiary/aromatic N) is 1. The van der Waals surface area contributed by atoms with Gasteiger partial charge in [0.25, 0.3) is 0 Å².